The maximum Gasteiger partial charge on any atom is 0.213 e. The fraction of sp³-hybridized carbons (Fsp3) is 0.750. The van der Waals surface area contributed by atoms with Crippen molar-refractivity contribution in [2.45, 2.75) is 65.0 Å². The minimum Gasteiger partial charge on any atom is -0.474 e. The van der Waals surface area contributed by atoms with Crippen LogP contribution in [0.2, 0.25) is 0 Å². The number of nitrogens with zero attached hydrogens (tertiary/aromatic N) is 2. The molecule has 0 radical (unpaired) electrons. The van der Waals surface area contributed by atoms with Gasteiger partial charge in [0.1, 0.15) is 6.10 Å². The Morgan fingerprint density at radius 3 is 2.87 bits per heavy atom. The van der Waals surface area contributed by atoms with Gasteiger partial charge in [0.2, 0.25) is 5.88 Å². The van der Waals surface area contributed by atoms with Crippen LogP contribution in [-0.2, 0) is 16.0 Å². The third-order valence-electron chi connectivity index (χ3n) is 5.95. The first-order chi connectivity index (χ1) is 15.2. The summed E-state index contributed by atoms with van der Waals surface area (Å²) in [6.45, 7) is 9.94. The van der Waals surface area contributed by atoms with E-state index in [0.717, 1.165) is 88.5 Å². The number of ether oxygens (including phenoxy) is 3. The Morgan fingerprint density at radius 1 is 1.23 bits per heavy atom. The Hall–Kier alpha value is -1.86. The lowest BCUT2D eigenvalue weighted by molar-refractivity contribution is 0.0888. The van der Waals surface area contributed by atoms with E-state index in [1.54, 1.807) is 0 Å². The molecular weight excluding hydrogens is 392 g/mol. The Labute approximate surface area is 187 Å². The standard InChI is InChI=1S/C24H40N4O3/c1-3-25-24(27-11-4-13-29-17-21-10-14-30-18-21)28-16-20-9-12-26-23(15-20)31-22-7-5-19(2)6-8-22/h9,12,15,19,21-22H,3-8,10-11,13-14,16-18H2,1-2H3,(H2,25,27,28). The van der Waals surface area contributed by atoms with Crippen molar-refractivity contribution in [3.63, 3.8) is 0 Å². The summed E-state index contributed by atoms with van der Waals surface area (Å²) in [6.07, 6.45) is 8.92. The van der Waals surface area contributed by atoms with Crippen LogP contribution in [0.5, 0.6) is 5.88 Å². The zero-order chi connectivity index (χ0) is 21.7. The molecule has 1 atom stereocenters. The topological polar surface area (TPSA) is 77.0 Å². The van der Waals surface area contributed by atoms with Gasteiger partial charge >= 0.3 is 0 Å². The maximum atomic E-state index is 6.13. The summed E-state index contributed by atoms with van der Waals surface area (Å²) in [6, 6.07) is 4.02. The van der Waals surface area contributed by atoms with Gasteiger partial charge in [-0.15, -0.1) is 0 Å². The van der Waals surface area contributed by atoms with Crippen LogP contribution < -0.4 is 15.4 Å². The van der Waals surface area contributed by atoms with Gasteiger partial charge in [-0.3, -0.25) is 0 Å². The molecule has 31 heavy (non-hydrogen) atoms. The summed E-state index contributed by atoms with van der Waals surface area (Å²) < 4.78 is 17.3. The van der Waals surface area contributed by atoms with E-state index >= 15 is 0 Å². The average molecular weight is 433 g/mol. The van der Waals surface area contributed by atoms with Gasteiger partial charge in [0, 0.05) is 44.5 Å². The highest BCUT2D eigenvalue weighted by Crippen LogP contribution is 2.26. The molecule has 1 saturated heterocycles. The van der Waals surface area contributed by atoms with Gasteiger partial charge in [-0.05, 0) is 63.0 Å². The summed E-state index contributed by atoms with van der Waals surface area (Å²) in [5.41, 5.74) is 1.11. The van der Waals surface area contributed by atoms with Gasteiger partial charge in [-0.2, -0.15) is 0 Å². The van der Waals surface area contributed by atoms with Gasteiger partial charge in [0.05, 0.1) is 19.8 Å². The highest BCUT2D eigenvalue weighted by Gasteiger charge is 2.20. The van der Waals surface area contributed by atoms with E-state index in [1.807, 2.05) is 18.3 Å². The second kappa shape index (κ2) is 13.5. The summed E-state index contributed by atoms with van der Waals surface area (Å²) >= 11 is 0. The van der Waals surface area contributed by atoms with Crippen molar-refractivity contribution < 1.29 is 14.2 Å². The number of pyridine rings is 1. The summed E-state index contributed by atoms with van der Waals surface area (Å²) in [7, 11) is 0. The molecule has 0 amide bonds. The van der Waals surface area contributed by atoms with Crippen molar-refractivity contribution in [1.29, 1.82) is 0 Å². The Bertz CT molecular complexity index is 656. The van der Waals surface area contributed by atoms with E-state index in [1.165, 1.54) is 12.8 Å². The Kier molecular flexibility index (Phi) is 10.4. The first-order valence-electron chi connectivity index (χ1n) is 12.0. The number of guanidine groups is 1. The van der Waals surface area contributed by atoms with Gasteiger partial charge in [-0.25, -0.2) is 9.98 Å². The molecule has 1 unspecified atom stereocenters. The molecule has 174 valence electrons. The van der Waals surface area contributed by atoms with Gasteiger partial charge in [-0.1, -0.05) is 6.92 Å². The van der Waals surface area contributed by atoms with Crippen LogP contribution in [-0.4, -0.2) is 56.6 Å². The van der Waals surface area contributed by atoms with Crippen molar-refractivity contribution in [3.8, 4) is 5.88 Å². The predicted octanol–water partition coefficient (Wildman–Crippen LogP) is 3.54. The summed E-state index contributed by atoms with van der Waals surface area (Å²) in [4.78, 5) is 9.12. The molecule has 7 nitrogen and oxygen atoms in total. The summed E-state index contributed by atoms with van der Waals surface area (Å²) in [5.74, 6) is 2.93. The Morgan fingerprint density at radius 2 is 2.10 bits per heavy atom. The second-order valence-corrected chi connectivity index (χ2v) is 8.78. The monoisotopic (exact) mass is 432 g/mol. The van der Waals surface area contributed by atoms with Crippen LogP contribution in [0.3, 0.4) is 0 Å². The molecule has 0 bridgehead atoms. The SMILES string of the molecule is CCNC(=NCc1ccnc(OC2CCC(C)CC2)c1)NCCCOCC1CCOC1. The molecule has 3 rings (SSSR count). The lowest BCUT2D eigenvalue weighted by Crippen LogP contribution is -2.38. The molecule has 1 aromatic heterocycles. The van der Waals surface area contributed by atoms with E-state index in [4.69, 9.17) is 19.2 Å². The van der Waals surface area contributed by atoms with Crippen LogP contribution in [0, 0.1) is 11.8 Å². The molecule has 1 aliphatic heterocycles. The van der Waals surface area contributed by atoms with E-state index in [9.17, 15) is 0 Å². The molecule has 2 heterocycles. The lowest BCUT2D eigenvalue weighted by Gasteiger charge is -2.26. The van der Waals surface area contributed by atoms with Crippen molar-refractivity contribution in [2.75, 3.05) is 39.5 Å². The van der Waals surface area contributed by atoms with Crippen molar-refractivity contribution in [1.82, 2.24) is 15.6 Å². The molecule has 0 spiro atoms. The third-order valence-corrected chi connectivity index (χ3v) is 5.95. The van der Waals surface area contributed by atoms with E-state index in [2.05, 4.69) is 29.5 Å². The fourth-order valence-electron chi connectivity index (χ4n) is 3.99. The smallest absolute Gasteiger partial charge is 0.213 e. The highest BCUT2D eigenvalue weighted by atomic mass is 16.5. The normalized spacial score (nSPS) is 24.2. The molecule has 7 heteroatoms. The van der Waals surface area contributed by atoms with Gasteiger partial charge in [0.25, 0.3) is 0 Å². The minimum absolute atomic E-state index is 0.296. The largest absolute Gasteiger partial charge is 0.474 e. The zero-order valence-corrected chi connectivity index (χ0v) is 19.3. The highest BCUT2D eigenvalue weighted by molar-refractivity contribution is 5.79. The summed E-state index contributed by atoms with van der Waals surface area (Å²) in [5, 5.41) is 6.70. The minimum atomic E-state index is 0.296. The molecule has 1 aliphatic carbocycles. The molecule has 1 saturated carbocycles. The van der Waals surface area contributed by atoms with Crippen LogP contribution >= 0.6 is 0 Å². The second-order valence-electron chi connectivity index (χ2n) is 8.78. The van der Waals surface area contributed by atoms with Gasteiger partial charge < -0.3 is 24.8 Å². The number of rotatable bonds is 11. The zero-order valence-electron chi connectivity index (χ0n) is 19.3. The molecular formula is C24H40N4O3. The molecule has 1 aromatic rings. The quantitative estimate of drug-likeness (QED) is 0.316. The first-order valence-corrected chi connectivity index (χ1v) is 12.0. The lowest BCUT2D eigenvalue weighted by atomic mass is 9.89. The molecule has 2 aliphatic rings. The van der Waals surface area contributed by atoms with Gasteiger partial charge in [0.15, 0.2) is 5.96 Å². The van der Waals surface area contributed by atoms with Crippen LogP contribution in [0.1, 0.15) is 57.9 Å². The number of hydrogen-bond acceptors (Lipinski definition) is 5. The molecule has 2 fully saturated rings. The maximum absolute atomic E-state index is 6.13. The number of hydrogen-bond donors (Lipinski definition) is 2. The number of nitrogens with one attached hydrogen (secondary N) is 2. The molecule has 2 N–H and O–H groups in total. The number of aromatic nitrogens is 1. The molecule has 0 aromatic carbocycles. The fourth-order valence-corrected chi connectivity index (χ4v) is 3.99. The predicted molar refractivity (Wildman–Crippen MR) is 123 cm³/mol. The Balaban J connectivity index is 1.38. The van der Waals surface area contributed by atoms with Crippen molar-refractivity contribution in [3.05, 3.63) is 23.9 Å². The number of aliphatic imine (C=N–C) groups is 1. The van der Waals surface area contributed by atoms with E-state index in [0.29, 0.717) is 18.6 Å². The van der Waals surface area contributed by atoms with Crippen LogP contribution in [0.4, 0.5) is 0 Å². The van der Waals surface area contributed by atoms with Crippen LogP contribution in [0.25, 0.3) is 0 Å². The average Bonchev–Trinajstić information content (AvgIpc) is 3.30. The van der Waals surface area contributed by atoms with E-state index < -0.39 is 0 Å². The van der Waals surface area contributed by atoms with Crippen molar-refractivity contribution in [2.24, 2.45) is 16.8 Å². The third kappa shape index (κ3) is 9.03. The van der Waals surface area contributed by atoms with Crippen molar-refractivity contribution >= 4 is 5.96 Å². The van der Waals surface area contributed by atoms with Crippen LogP contribution in [0.15, 0.2) is 23.3 Å². The first kappa shape index (κ1) is 23.8. The van der Waals surface area contributed by atoms with E-state index in [-0.39, 0.29) is 0 Å².